The highest BCUT2D eigenvalue weighted by molar-refractivity contribution is 6.30. The molecule has 0 unspecified atom stereocenters. The topological polar surface area (TPSA) is 96.2 Å². The van der Waals surface area contributed by atoms with Crippen LogP contribution in [-0.4, -0.2) is 13.2 Å². The molecule has 0 saturated heterocycles. The quantitative estimate of drug-likeness (QED) is 0.582. The van der Waals surface area contributed by atoms with Gasteiger partial charge in [-0.25, -0.2) is 4.79 Å². The molecule has 7 heteroatoms. The number of hydrogen-bond acceptors (Lipinski definition) is 6. The zero-order valence-corrected chi connectivity index (χ0v) is 15.7. The van der Waals surface area contributed by atoms with Gasteiger partial charge in [0.1, 0.15) is 29.2 Å². The molecule has 0 saturated carbocycles. The Labute approximate surface area is 166 Å². The molecule has 28 heavy (non-hydrogen) atoms. The third-order valence-corrected chi connectivity index (χ3v) is 4.46. The van der Waals surface area contributed by atoms with E-state index in [1.807, 2.05) is 24.3 Å². The van der Waals surface area contributed by atoms with Crippen molar-refractivity contribution in [2.75, 3.05) is 13.2 Å². The number of fused-ring (bicyclic) bond motifs is 1. The second-order valence-corrected chi connectivity index (χ2v) is 6.42. The Morgan fingerprint density at radius 2 is 1.75 bits per heavy atom. The molecule has 0 atom stereocenters. The Bertz CT molecular complexity index is 1150. The molecule has 1 heterocycles. The minimum absolute atomic E-state index is 0.166. The van der Waals surface area contributed by atoms with Crippen molar-refractivity contribution in [2.24, 2.45) is 0 Å². The van der Waals surface area contributed by atoms with Crippen LogP contribution in [0.15, 0.2) is 45.6 Å². The largest absolute Gasteiger partial charge is 0.478 e. The predicted molar refractivity (Wildman–Crippen MR) is 104 cm³/mol. The lowest BCUT2D eigenvalue weighted by Crippen LogP contribution is -2.12. The summed E-state index contributed by atoms with van der Waals surface area (Å²) in [4.78, 5) is 12.6. The molecule has 0 fully saturated rings. The van der Waals surface area contributed by atoms with Crippen molar-refractivity contribution in [2.45, 2.75) is 13.3 Å². The van der Waals surface area contributed by atoms with Crippen LogP contribution in [0.5, 0.6) is 11.5 Å². The Balaban J connectivity index is 2.14. The molecule has 2 aromatic carbocycles. The average Bonchev–Trinajstić information content (AvgIpc) is 2.68. The minimum atomic E-state index is -0.469. The van der Waals surface area contributed by atoms with Gasteiger partial charge in [-0.05, 0) is 30.2 Å². The van der Waals surface area contributed by atoms with Gasteiger partial charge >= 0.3 is 5.63 Å². The fourth-order valence-corrected chi connectivity index (χ4v) is 3.04. The highest BCUT2D eigenvalue weighted by Crippen LogP contribution is 2.34. The number of nitrogens with zero attached hydrogens (tertiary/aromatic N) is 2. The van der Waals surface area contributed by atoms with Gasteiger partial charge in [0.2, 0.25) is 0 Å². The maximum absolute atomic E-state index is 12.6. The molecule has 0 spiro atoms. The van der Waals surface area contributed by atoms with E-state index in [1.54, 1.807) is 25.1 Å². The van der Waals surface area contributed by atoms with Crippen LogP contribution >= 0.6 is 11.6 Å². The summed E-state index contributed by atoms with van der Waals surface area (Å²) in [6.45, 7) is 1.46. The molecule has 0 aliphatic rings. The van der Waals surface area contributed by atoms with Gasteiger partial charge in [-0.15, -0.1) is 0 Å². The number of hydrogen-bond donors (Lipinski definition) is 0. The number of benzene rings is 2. The predicted octanol–water partition coefficient (Wildman–Crippen LogP) is 4.15. The zero-order chi connectivity index (χ0) is 20.1. The van der Waals surface area contributed by atoms with Crippen LogP contribution in [0.25, 0.3) is 11.0 Å². The van der Waals surface area contributed by atoms with Gasteiger partial charge < -0.3 is 13.9 Å². The molecular formula is C21H15ClN2O4. The molecule has 3 aromatic rings. The lowest BCUT2D eigenvalue weighted by atomic mass is 9.99. The second-order valence-electron chi connectivity index (χ2n) is 5.98. The van der Waals surface area contributed by atoms with Crippen LogP contribution in [0.3, 0.4) is 0 Å². The van der Waals surface area contributed by atoms with Crippen molar-refractivity contribution in [1.29, 1.82) is 10.5 Å². The first-order chi connectivity index (χ1) is 13.5. The standard InChI is InChI=1S/C21H15ClN2O4/c1-13-17(10-14-2-4-15(22)5-3-14)21(25)28-19-12-16(26-8-6-23)11-18(20(13)19)27-9-7-24/h2-5,11-12H,8-10H2,1H3. The molecule has 0 radical (unpaired) electrons. The molecule has 0 amide bonds. The summed E-state index contributed by atoms with van der Waals surface area (Å²) in [5, 5.41) is 18.8. The molecule has 140 valence electrons. The Morgan fingerprint density at radius 3 is 2.43 bits per heavy atom. The van der Waals surface area contributed by atoms with E-state index >= 15 is 0 Å². The summed E-state index contributed by atoms with van der Waals surface area (Å²) in [6, 6.07) is 14.1. The van der Waals surface area contributed by atoms with Gasteiger partial charge in [-0.2, -0.15) is 10.5 Å². The third-order valence-electron chi connectivity index (χ3n) is 4.21. The lowest BCUT2D eigenvalue weighted by Gasteiger charge is -2.13. The molecule has 1 aromatic heterocycles. The Hall–Kier alpha value is -3.48. The van der Waals surface area contributed by atoms with Gasteiger partial charge in [-0.3, -0.25) is 0 Å². The Kier molecular flexibility index (Phi) is 5.84. The zero-order valence-electron chi connectivity index (χ0n) is 15.0. The van der Waals surface area contributed by atoms with Crippen molar-refractivity contribution >= 4 is 22.6 Å². The van der Waals surface area contributed by atoms with Crippen molar-refractivity contribution < 1.29 is 13.9 Å². The van der Waals surface area contributed by atoms with E-state index in [0.717, 1.165) is 5.56 Å². The van der Waals surface area contributed by atoms with Crippen LogP contribution in [0.2, 0.25) is 5.02 Å². The monoisotopic (exact) mass is 394 g/mol. The number of halogens is 1. The lowest BCUT2D eigenvalue weighted by molar-refractivity contribution is 0.351. The van der Waals surface area contributed by atoms with Crippen molar-refractivity contribution in [1.82, 2.24) is 0 Å². The van der Waals surface area contributed by atoms with Gasteiger partial charge in [0.05, 0.1) is 5.39 Å². The van der Waals surface area contributed by atoms with Crippen LogP contribution in [0.4, 0.5) is 0 Å². The van der Waals surface area contributed by atoms with Crippen LogP contribution in [-0.2, 0) is 6.42 Å². The van der Waals surface area contributed by atoms with E-state index in [4.69, 9.17) is 36.0 Å². The normalized spacial score (nSPS) is 10.3. The first-order valence-corrected chi connectivity index (χ1v) is 8.75. The summed E-state index contributed by atoms with van der Waals surface area (Å²) < 4.78 is 16.3. The smallest absolute Gasteiger partial charge is 0.340 e. The summed E-state index contributed by atoms with van der Waals surface area (Å²) in [7, 11) is 0. The number of nitriles is 2. The maximum Gasteiger partial charge on any atom is 0.340 e. The average molecular weight is 395 g/mol. The van der Waals surface area contributed by atoms with Gasteiger partial charge in [0.25, 0.3) is 0 Å². The van der Waals surface area contributed by atoms with Crippen molar-refractivity contribution in [3.8, 4) is 23.6 Å². The van der Waals surface area contributed by atoms with Gasteiger partial charge in [0.15, 0.2) is 13.2 Å². The summed E-state index contributed by atoms with van der Waals surface area (Å²) >= 11 is 5.92. The molecule has 0 aliphatic carbocycles. The van der Waals surface area contributed by atoms with E-state index in [-0.39, 0.29) is 18.8 Å². The fraction of sp³-hybridized carbons (Fsp3) is 0.190. The number of aryl methyl sites for hydroxylation is 1. The molecule has 3 rings (SSSR count). The third kappa shape index (κ3) is 4.09. The van der Waals surface area contributed by atoms with E-state index in [1.165, 1.54) is 6.07 Å². The SMILES string of the molecule is Cc1c(Cc2ccc(Cl)cc2)c(=O)oc2cc(OCC#N)cc(OCC#N)c12. The Morgan fingerprint density at radius 1 is 1.07 bits per heavy atom. The second kappa shape index (κ2) is 8.47. The van der Waals surface area contributed by atoms with E-state index in [9.17, 15) is 4.79 Å². The number of ether oxygens (including phenoxy) is 2. The summed E-state index contributed by atoms with van der Waals surface area (Å²) in [5.74, 6) is 0.667. The van der Waals surface area contributed by atoms with E-state index in [0.29, 0.717) is 39.5 Å². The first-order valence-electron chi connectivity index (χ1n) is 8.37. The van der Waals surface area contributed by atoms with Crippen LogP contribution in [0.1, 0.15) is 16.7 Å². The molecular weight excluding hydrogens is 380 g/mol. The number of rotatable bonds is 6. The van der Waals surface area contributed by atoms with Crippen molar-refractivity contribution in [3.63, 3.8) is 0 Å². The highest BCUT2D eigenvalue weighted by atomic mass is 35.5. The van der Waals surface area contributed by atoms with Gasteiger partial charge in [0, 0.05) is 29.1 Å². The van der Waals surface area contributed by atoms with Gasteiger partial charge in [-0.1, -0.05) is 23.7 Å². The summed E-state index contributed by atoms with van der Waals surface area (Å²) in [6.07, 6.45) is 0.367. The van der Waals surface area contributed by atoms with Crippen LogP contribution < -0.4 is 15.1 Å². The van der Waals surface area contributed by atoms with Crippen molar-refractivity contribution in [3.05, 3.63) is 68.5 Å². The highest BCUT2D eigenvalue weighted by Gasteiger charge is 2.17. The summed E-state index contributed by atoms with van der Waals surface area (Å²) in [5.41, 5.74) is 1.89. The molecule has 0 bridgehead atoms. The van der Waals surface area contributed by atoms with E-state index < -0.39 is 5.63 Å². The minimum Gasteiger partial charge on any atom is -0.478 e. The first kappa shape index (κ1) is 19.3. The van der Waals surface area contributed by atoms with Crippen LogP contribution in [0, 0.1) is 29.6 Å². The van der Waals surface area contributed by atoms with E-state index in [2.05, 4.69) is 0 Å². The molecule has 0 aliphatic heterocycles. The molecule has 6 nitrogen and oxygen atoms in total. The fourth-order valence-electron chi connectivity index (χ4n) is 2.92. The molecule has 0 N–H and O–H groups in total. The maximum atomic E-state index is 12.6.